The molecule has 1 heterocycles. The van der Waals surface area contributed by atoms with E-state index in [0.29, 0.717) is 17.3 Å². The van der Waals surface area contributed by atoms with E-state index in [1.807, 2.05) is 11.7 Å². The van der Waals surface area contributed by atoms with Crippen molar-refractivity contribution in [2.75, 3.05) is 6.54 Å². The average Bonchev–Trinajstić information content (AvgIpc) is 2.65. The molecule has 19 heavy (non-hydrogen) atoms. The summed E-state index contributed by atoms with van der Waals surface area (Å²) in [5.74, 6) is 3.07. The molecule has 0 aromatic carbocycles. The first-order chi connectivity index (χ1) is 8.75. The Balaban J connectivity index is 2.69. The van der Waals surface area contributed by atoms with E-state index < -0.39 is 0 Å². The molecule has 4 heteroatoms. The van der Waals surface area contributed by atoms with Crippen LogP contribution in [-0.2, 0) is 13.5 Å². The van der Waals surface area contributed by atoms with Crippen molar-refractivity contribution in [3.05, 3.63) is 11.6 Å². The lowest BCUT2D eigenvalue weighted by atomic mass is 9.76. The van der Waals surface area contributed by atoms with Crippen LogP contribution >= 0.6 is 0 Å². The monoisotopic (exact) mass is 266 g/mol. The van der Waals surface area contributed by atoms with Crippen molar-refractivity contribution >= 4 is 0 Å². The van der Waals surface area contributed by atoms with E-state index >= 15 is 0 Å². The Labute approximate surface area is 117 Å². The molecular weight excluding hydrogens is 236 g/mol. The lowest BCUT2D eigenvalue weighted by molar-refractivity contribution is 0.213. The fourth-order valence-corrected chi connectivity index (χ4v) is 2.42. The van der Waals surface area contributed by atoms with Gasteiger partial charge in [-0.25, -0.2) is 4.98 Å². The van der Waals surface area contributed by atoms with Crippen LogP contribution in [0.3, 0.4) is 0 Å². The highest BCUT2D eigenvalue weighted by Crippen LogP contribution is 2.32. The standard InChI is InChI=1S/C15H30N4/c1-11(2)14-17-13(19(6)18-14)8-7-12(9-10-16)15(3,4)5/h11-12H,7-10,16H2,1-6H3. The third-order valence-corrected chi connectivity index (χ3v) is 3.84. The van der Waals surface area contributed by atoms with E-state index in [-0.39, 0.29) is 0 Å². The van der Waals surface area contributed by atoms with E-state index in [9.17, 15) is 0 Å². The molecule has 0 saturated carbocycles. The average molecular weight is 266 g/mol. The predicted octanol–water partition coefficient (Wildman–Crippen LogP) is 2.88. The van der Waals surface area contributed by atoms with Gasteiger partial charge in [0, 0.05) is 19.4 Å². The minimum atomic E-state index is 0.304. The van der Waals surface area contributed by atoms with Crippen LogP contribution in [0.4, 0.5) is 0 Å². The van der Waals surface area contributed by atoms with Crippen LogP contribution in [0.5, 0.6) is 0 Å². The Morgan fingerprint density at radius 3 is 2.26 bits per heavy atom. The van der Waals surface area contributed by atoms with Gasteiger partial charge in [-0.1, -0.05) is 34.6 Å². The predicted molar refractivity (Wildman–Crippen MR) is 80.0 cm³/mol. The minimum Gasteiger partial charge on any atom is -0.330 e. The second-order valence-corrected chi connectivity index (χ2v) is 6.84. The number of hydrogen-bond donors (Lipinski definition) is 1. The lowest BCUT2D eigenvalue weighted by Gasteiger charge is -2.30. The van der Waals surface area contributed by atoms with E-state index in [4.69, 9.17) is 5.73 Å². The number of hydrogen-bond acceptors (Lipinski definition) is 3. The Bertz CT molecular complexity index is 387. The normalized spacial score (nSPS) is 14.1. The number of nitrogens with zero attached hydrogens (tertiary/aromatic N) is 3. The van der Waals surface area contributed by atoms with Gasteiger partial charge in [-0.05, 0) is 30.7 Å². The topological polar surface area (TPSA) is 56.7 Å². The van der Waals surface area contributed by atoms with E-state index in [0.717, 1.165) is 37.5 Å². The highest BCUT2D eigenvalue weighted by Gasteiger charge is 2.24. The summed E-state index contributed by atoms with van der Waals surface area (Å²) < 4.78 is 1.93. The van der Waals surface area contributed by atoms with Crippen molar-refractivity contribution < 1.29 is 0 Å². The van der Waals surface area contributed by atoms with Gasteiger partial charge < -0.3 is 5.73 Å². The summed E-state index contributed by atoms with van der Waals surface area (Å²) in [6.45, 7) is 11.9. The highest BCUT2D eigenvalue weighted by molar-refractivity contribution is 4.97. The third-order valence-electron chi connectivity index (χ3n) is 3.84. The number of aryl methyl sites for hydroxylation is 2. The smallest absolute Gasteiger partial charge is 0.153 e. The molecule has 1 unspecified atom stereocenters. The van der Waals surface area contributed by atoms with Crippen molar-refractivity contribution in [3.8, 4) is 0 Å². The van der Waals surface area contributed by atoms with Crippen LogP contribution in [-0.4, -0.2) is 21.3 Å². The molecule has 1 aromatic rings. The molecule has 0 radical (unpaired) electrons. The summed E-state index contributed by atoms with van der Waals surface area (Å²) in [6.07, 6.45) is 3.20. The molecule has 2 N–H and O–H groups in total. The fraction of sp³-hybridized carbons (Fsp3) is 0.867. The van der Waals surface area contributed by atoms with Gasteiger partial charge in [0.15, 0.2) is 5.82 Å². The van der Waals surface area contributed by atoms with Crippen LogP contribution < -0.4 is 5.73 Å². The molecule has 0 fully saturated rings. The maximum absolute atomic E-state index is 5.74. The molecule has 110 valence electrons. The van der Waals surface area contributed by atoms with Gasteiger partial charge in [0.1, 0.15) is 5.82 Å². The van der Waals surface area contributed by atoms with Crippen LogP contribution in [0.15, 0.2) is 0 Å². The quantitative estimate of drug-likeness (QED) is 0.861. The molecule has 0 aliphatic carbocycles. The largest absolute Gasteiger partial charge is 0.330 e. The Morgan fingerprint density at radius 1 is 1.21 bits per heavy atom. The molecule has 0 saturated heterocycles. The third kappa shape index (κ3) is 4.60. The minimum absolute atomic E-state index is 0.304. The number of aromatic nitrogens is 3. The van der Waals surface area contributed by atoms with Crippen LogP contribution in [0.25, 0.3) is 0 Å². The molecule has 0 aliphatic heterocycles. The summed E-state index contributed by atoms with van der Waals surface area (Å²) in [6, 6.07) is 0. The second-order valence-electron chi connectivity index (χ2n) is 6.84. The summed E-state index contributed by atoms with van der Waals surface area (Å²) in [5, 5.41) is 4.48. The Hall–Kier alpha value is -0.900. The van der Waals surface area contributed by atoms with Gasteiger partial charge in [-0.15, -0.1) is 0 Å². The molecule has 0 amide bonds. The van der Waals surface area contributed by atoms with Gasteiger partial charge in [0.05, 0.1) is 0 Å². The van der Waals surface area contributed by atoms with Crippen molar-refractivity contribution in [1.29, 1.82) is 0 Å². The second kappa shape index (κ2) is 6.51. The molecular formula is C15H30N4. The zero-order valence-electron chi connectivity index (χ0n) is 13.4. The van der Waals surface area contributed by atoms with E-state index in [1.54, 1.807) is 0 Å². The summed E-state index contributed by atoms with van der Waals surface area (Å²) >= 11 is 0. The van der Waals surface area contributed by atoms with Crippen LogP contribution in [0, 0.1) is 11.3 Å². The first kappa shape index (κ1) is 16.2. The summed E-state index contributed by atoms with van der Waals surface area (Å²) in [4.78, 5) is 4.64. The van der Waals surface area contributed by atoms with Gasteiger partial charge in [0.2, 0.25) is 0 Å². The molecule has 0 aliphatic rings. The Morgan fingerprint density at radius 2 is 1.84 bits per heavy atom. The van der Waals surface area contributed by atoms with Gasteiger partial charge in [0.25, 0.3) is 0 Å². The number of nitrogens with two attached hydrogens (primary N) is 1. The van der Waals surface area contributed by atoms with Gasteiger partial charge in [-0.3, -0.25) is 4.68 Å². The molecule has 0 bridgehead atoms. The SMILES string of the molecule is CC(C)c1nc(CCC(CCN)C(C)(C)C)n(C)n1. The first-order valence-electron chi connectivity index (χ1n) is 7.35. The van der Waals surface area contributed by atoms with Crippen LogP contribution in [0.2, 0.25) is 0 Å². The van der Waals surface area contributed by atoms with Crippen LogP contribution in [0.1, 0.15) is 65.0 Å². The lowest BCUT2D eigenvalue weighted by Crippen LogP contribution is -2.24. The van der Waals surface area contributed by atoms with Crippen molar-refractivity contribution in [1.82, 2.24) is 14.8 Å². The first-order valence-corrected chi connectivity index (χ1v) is 7.35. The van der Waals surface area contributed by atoms with Crippen molar-refractivity contribution in [3.63, 3.8) is 0 Å². The summed E-state index contributed by atoms with van der Waals surface area (Å²) in [5.41, 5.74) is 6.04. The van der Waals surface area contributed by atoms with E-state index in [2.05, 4.69) is 44.7 Å². The maximum atomic E-state index is 5.74. The molecule has 1 atom stereocenters. The zero-order chi connectivity index (χ0) is 14.6. The van der Waals surface area contributed by atoms with Gasteiger partial charge in [-0.2, -0.15) is 5.10 Å². The molecule has 1 rings (SSSR count). The maximum Gasteiger partial charge on any atom is 0.153 e. The molecule has 1 aromatic heterocycles. The van der Waals surface area contributed by atoms with E-state index in [1.165, 1.54) is 0 Å². The van der Waals surface area contributed by atoms with Crippen molar-refractivity contribution in [2.24, 2.45) is 24.1 Å². The fourth-order valence-electron chi connectivity index (χ4n) is 2.42. The summed E-state index contributed by atoms with van der Waals surface area (Å²) in [7, 11) is 1.99. The van der Waals surface area contributed by atoms with Gasteiger partial charge >= 0.3 is 0 Å². The molecule has 0 spiro atoms. The molecule has 4 nitrogen and oxygen atoms in total. The number of rotatable bonds is 6. The zero-order valence-corrected chi connectivity index (χ0v) is 13.4. The highest BCUT2D eigenvalue weighted by atomic mass is 15.3. The van der Waals surface area contributed by atoms with Crippen molar-refractivity contribution in [2.45, 2.75) is 59.8 Å². The Kier molecular flexibility index (Phi) is 5.53.